The molecule has 1 aromatic heterocycles. The highest BCUT2D eigenvalue weighted by Gasteiger charge is 2.16. The number of nitrogens with zero attached hydrogens (tertiary/aromatic N) is 1. The third-order valence-electron chi connectivity index (χ3n) is 2.48. The minimum absolute atomic E-state index is 0.207. The Kier molecular flexibility index (Phi) is 3.23. The molecule has 1 saturated heterocycles. The van der Waals surface area contributed by atoms with Crippen molar-refractivity contribution >= 4 is 22.2 Å². The molecule has 15 heavy (non-hydrogen) atoms. The van der Waals surface area contributed by atoms with Crippen molar-refractivity contribution in [1.29, 1.82) is 0 Å². The van der Waals surface area contributed by atoms with Crippen LogP contribution in [0.1, 0.15) is 4.88 Å². The highest BCUT2D eigenvalue weighted by atomic mass is 32.1. The second-order valence-electron chi connectivity index (χ2n) is 3.61. The van der Waals surface area contributed by atoms with Crippen LogP contribution in [-0.4, -0.2) is 37.0 Å². The molecule has 0 unspecified atom stereocenters. The zero-order valence-electron chi connectivity index (χ0n) is 8.53. The molecule has 0 saturated carbocycles. The van der Waals surface area contributed by atoms with Crippen LogP contribution in [0, 0.1) is 0 Å². The fraction of sp³-hybridized carbons (Fsp3) is 0.500. The van der Waals surface area contributed by atoms with Crippen molar-refractivity contribution in [2.45, 2.75) is 6.42 Å². The molecule has 0 radical (unpaired) electrons. The van der Waals surface area contributed by atoms with E-state index in [1.165, 1.54) is 11.3 Å². The Balaban J connectivity index is 1.91. The predicted octanol–water partition coefficient (Wildman–Crippen LogP) is 0.305. The first kappa shape index (κ1) is 10.4. The van der Waals surface area contributed by atoms with Gasteiger partial charge in [0.15, 0.2) is 0 Å². The maximum absolute atomic E-state index is 11.8. The Labute approximate surface area is 93.1 Å². The number of nitrogen functional groups attached to an aromatic ring is 1. The second kappa shape index (κ2) is 4.63. The molecule has 82 valence electrons. The third-order valence-corrected chi connectivity index (χ3v) is 3.39. The van der Waals surface area contributed by atoms with Gasteiger partial charge in [0.1, 0.15) is 0 Å². The van der Waals surface area contributed by atoms with Crippen molar-refractivity contribution in [3.63, 3.8) is 0 Å². The minimum Gasteiger partial charge on any atom is -0.391 e. The molecule has 1 aliphatic heterocycles. The number of thiophene rings is 1. The molecule has 0 aliphatic carbocycles. The van der Waals surface area contributed by atoms with Crippen molar-refractivity contribution in [2.75, 3.05) is 31.9 Å². The van der Waals surface area contributed by atoms with Crippen LogP contribution < -0.4 is 11.1 Å². The number of hydrogen-bond donors (Lipinski definition) is 2. The Morgan fingerprint density at radius 1 is 1.47 bits per heavy atom. The Morgan fingerprint density at radius 2 is 2.20 bits per heavy atom. The van der Waals surface area contributed by atoms with Gasteiger partial charge < -0.3 is 16.0 Å². The quantitative estimate of drug-likeness (QED) is 0.761. The maximum Gasteiger partial charge on any atom is 0.227 e. The van der Waals surface area contributed by atoms with E-state index in [1.807, 2.05) is 17.0 Å². The highest BCUT2D eigenvalue weighted by molar-refractivity contribution is 7.15. The van der Waals surface area contributed by atoms with E-state index in [-0.39, 0.29) is 5.91 Å². The van der Waals surface area contributed by atoms with Gasteiger partial charge in [0.2, 0.25) is 5.91 Å². The molecule has 1 aromatic rings. The van der Waals surface area contributed by atoms with Crippen molar-refractivity contribution in [3.05, 3.63) is 17.0 Å². The van der Waals surface area contributed by atoms with E-state index in [0.29, 0.717) is 6.42 Å². The van der Waals surface area contributed by atoms with Gasteiger partial charge in [-0.1, -0.05) is 0 Å². The number of carbonyl (C=O) groups is 1. The summed E-state index contributed by atoms with van der Waals surface area (Å²) >= 11 is 1.49. The molecule has 0 atom stereocenters. The number of anilines is 1. The molecule has 3 N–H and O–H groups in total. The summed E-state index contributed by atoms with van der Waals surface area (Å²) in [5.74, 6) is 0.207. The molecule has 0 aromatic carbocycles. The first-order valence-electron chi connectivity index (χ1n) is 5.08. The maximum atomic E-state index is 11.8. The van der Waals surface area contributed by atoms with Crippen molar-refractivity contribution in [2.24, 2.45) is 0 Å². The predicted molar refractivity (Wildman–Crippen MR) is 61.9 cm³/mol. The lowest BCUT2D eigenvalue weighted by Crippen LogP contribution is -2.46. The van der Waals surface area contributed by atoms with Crippen LogP contribution in [0.5, 0.6) is 0 Å². The summed E-state index contributed by atoms with van der Waals surface area (Å²) < 4.78 is 0. The van der Waals surface area contributed by atoms with Crippen LogP contribution >= 0.6 is 11.3 Å². The van der Waals surface area contributed by atoms with Gasteiger partial charge in [-0.15, -0.1) is 11.3 Å². The first-order chi connectivity index (χ1) is 7.25. The minimum atomic E-state index is 0.207. The van der Waals surface area contributed by atoms with Crippen LogP contribution in [0.25, 0.3) is 0 Å². The van der Waals surface area contributed by atoms with E-state index in [1.54, 1.807) is 0 Å². The SMILES string of the molecule is Nc1ccc(CC(=O)N2CCNCC2)s1. The molecule has 2 heterocycles. The average Bonchev–Trinajstić information content (AvgIpc) is 2.65. The number of hydrogen-bond acceptors (Lipinski definition) is 4. The summed E-state index contributed by atoms with van der Waals surface area (Å²) in [6.45, 7) is 3.44. The normalized spacial score (nSPS) is 16.7. The number of carbonyl (C=O) groups excluding carboxylic acids is 1. The van der Waals surface area contributed by atoms with E-state index >= 15 is 0 Å². The summed E-state index contributed by atoms with van der Waals surface area (Å²) in [5.41, 5.74) is 5.62. The monoisotopic (exact) mass is 225 g/mol. The van der Waals surface area contributed by atoms with Gasteiger partial charge in [0, 0.05) is 31.1 Å². The lowest BCUT2D eigenvalue weighted by molar-refractivity contribution is -0.130. The zero-order valence-corrected chi connectivity index (χ0v) is 9.35. The second-order valence-corrected chi connectivity index (χ2v) is 4.81. The van der Waals surface area contributed by atoms with Crippen LogP contribution in [0.15, 0.2) is 12.1 Å². The van der Waals surface area contributed by atoms with Crippen LogP contribution in [0.4, 0.5) is 5.00 Å². The van der Waals surface area contributed by atoms with Crippen LogP contribution in [-0.2, 0) is 11.2 Å². The lowest BCUT2D eigenvalue weighted by atomic mass is 10.3. The number of nitrogens with one attached hydrogen (secondary N) is 1. The third kappa shape index (κ3) is 2.70. The summed E-state index contributed by atoms with van der Waals surface area (Å²) in [7, 11) is 0. The molecule has 0 spiro atoms. The van der Waals surface area contributed by atoms with E-state index in [0.717, 1.165) is 36.1 Å². The largest absolute Gasteiger partial charge is 0.391 e. The summed E-state index contributed by atoms with van der Waals surface area (Å²) in [4.78, 5) is 14.8. The smallest absolute Gasteiger partial charge is 0.227 e. The lowest BCUT2D eigenvalue weighted by Gasteiger charge is -2.27. The summed E-state index contributed by atoms with van der Waals surface area (Å²) in [6, 6.07) is 3.78. The average molecular weight is 225 g/mol. The summed E-state index contributed by atoms with van der Waals surface area (Å²) in [6.07, 6.45) is 0.488. The molecule has 1 amide bonds. The van der Waals surface area contributed by atoms with Crippen LogP contribution in [0.3, 0.4) is 0 Å². The van der Waals surface area contributed by atoms with Gasteiger partial charge >= 0.3 is 0 Å². The molecule has 5 heteroatoms. The van der Waals surface area contributed by atoms with Crippen molar-refractivity contribution < 1.29 is 4.79 Å². The first-order valence-corrected chi connectivity index (χ1v) is 5.90. The van der Waals surface area contributed by atoms with Gasteiger partial charge in [-0.25, -0.2) is 0 Å². The van der Waals surface area contributed by atoms with Gasteiger partial charge in [-0.3, -0.25) is 4.79 Å². The van der Waals surface area contributed by atoms with Gasteiger partial charge in [0.25, 0.3) is 0 Å². The zero-order chi connectivity index (χ0) is 10.7. The Morgan fingerprint density at radius 3 is 2.80 bits per heavy atom. The number of nitrogens with two attached hydrogens (primary N) is 1. The molecule has 1 aliphatic rings. The van der Waals surface area contributed by atoms with Gasteiger partial charge in [-0.05, 0) is 12.1 Å². The Hall–Kier alpha value is -1.07. The van der Waals surface area contributed by atoms with E-state index in [9.17, 15) is 4.79 Å². The molecular formula is C10H15N3OS. The van der Waals surface area contributed by atoms with Gasteiger partial charge in [-0.2, -0.15) is 0 Å². The topological polar surface area (TPSA) is 58.4 Å². The molecule has 4 nitrogen and oxygen atoms in total. The van der Waals surface area contributed by atoms with E-state index in [4.69, 9.17) is 5.73 Å². The van der Waals surface area contributed by atoms with Crippen molar-refractivity contribution in [3.8, 4) is 0 Å². The fourth-order valence-corrected chi connectivity index (χ4v) is 2.44. The molecule has 0 bridgehead atoms. The standard InChI is InChI=1S/C10H15N3OS/c11-9-2-1-8(15-9)7-10(14)13-5-3-12-4-6-13/h1-2,12H,3-7,11H2. The summed E-state index contributed by atoms with van der Waals surface area (Å²) in [5, 5.41) is 4.00. The van der Waals surface area contributed by atoms with Gasteiger partial charge in [0.05, 0.1) is 11.4 Å². The number of amides is 1. The highest BCUT2D eigenvalue weighted by Crippen LogP contribution is 2.19. The van der Waals surface area contributed by atoms with E-state index in [2.05, 4.69) is 5.32 Å². The van der Waals surface area contributed by atoms with Crippen molar-refractivity contribution in [1.82, 2.24) is 10.2 Å². The number of piperazine rings is 1. The fourth-order valence-electron chi connectivity index (χ4n) is 1.66. The van der Waals surface area contributed by atoms with E-state index < -0.39 is 0 Å². The molecular weight excluding hydrogens is 210 g/mol. The molecule has 2 rings (SSSR count). The number of rotatable bonds is 2. The Bertz CT molecular complexity index is 344. The molecule has 1 fully saturated rings. The van der Waals surface area contributed by atoms with Crippen LogP contribution in [0.2, 0.25) is 0 Å².